The number of rotatable bonds is 2. The van der Waals surface area contributed by atoms with Crippen LogP contribution in [0.4, 0.5) is 4.39 Å². The van der Waals surface area contributed by atoms with Crippen LogP contribution in [0.3, 0.4) is 0 Å². The third kappa shape index (κ3) is 2.33. The van der Waals surface area contributed by atoms with Gasteiger partial charge in [0.05, 0.1) is 5.69 Å². The highest BCUT2D eigenvalue weighted by Crippen LogP contribution is 2.28. The molecule has 0 spiro atoms. The van der Waals surface area contributed by atoms with Crippen molar-refractivity contribution in [3.05, 3.63) is 71.3 Å². The summed E-state index contributed by atoms with van der Waals surface area (Å²) in [4.78, 5) is 21.9. The molecule has 1 N–H and O–H groups in total. The number of aromatic nitrogens is 3. The SMILES string of the molecule is O=c1ncc(-c2ccc(F)cc2)c(-c2ccncc2)[nH]1. The maximum atomic E-state index is 13.0. The van der Waals surface area contributed by atoms with E-state index in [0.717, 1.165) is 16.7 Å². The lowest BCUT2D eigenvalue weighted by molar-refractivity contribution is 0.628. The minimum absolute atomic E-state index is 0.309. The molecule has 0 aliphatic rings. The van der Waals surface area contributed by atoms with E-state index in [1.807, 2.05) is 0 Å². The number of nitrogens with one attached hydrogen (secondary N) is 1. The van der Waals surface area contributed by atoms with E-state index in [-0.39, 0.29) is 5.82 Å². The predicted molar refractivity (Wildman–Crippen MR) is 73.5 cm³/mol. The van der Waals surface area contributed by atoms with Crippen molar-refractivity contribution in [1.29, 1.82) is 0 Å². The van der Waals surface area contributed by atoms with Crippen molar-refractivity contribution < 1.29 is 4.39 Å². The Morgan fingerprint density at radius 3 is 2.35 bits per heavy atom. The van der Waals surface area contributed by atoms with E-state index in [0.29, 0.717) is 5.69 Å². The molecule has 0 fully saturated rings. The number of pyridine rings is 1. The molecule has 20 heavy (non-hydrogen) atoms. The molecule has 3 rings (SSSR count). The fraction of sp³-hybridized carbons (Fsp3) is 0. The molecule has 0 unspecified atom stereocenters. The zero-order valence-corrected chi connectivity index (χ0v) is 10.4. The van der Waals surface area contributed by atoms with Gasteiger partial charge in [0.2, 0.25) is 0 Å². The Kier molecular flexibility index (Phi) is 3.09. The number of hydrogen-bond donors (Lipinski definition) is 1. The molecule has 0 aliphatic heterocycles. The van der Waals surface area contributed by atoms with Gasteiger partial charge in [-0.05, 0) is 29.8 Å². The van der Waals surface area contributed by atoms with Crippen molar-refractivity contribution in [2.24, 2.45) is 0 Å². The van der Waals surface area contributed by atoms with Crippen LogP contribution in [0.25, 0.3) is 22.4 Å². The number of hydrogen-bond acceptors (Lipinski definition) is 3. The summed E-state index contributed by atoms with van der Waals surface area (Å²) in [5.74, 6) is -0.309. The largest absolute Gasteiger partial charge is 0.345 e. The highest BCUT2D eigenvalue weighted by molar-refractivity contribution is 5.79. The monoisotopic (exact) mass is 267 g/mol. The van der Waals surface area contributed by atoms with Gasteiger partial charge >= 0.3 is 5.69 Å². The Morgan fingerprint density at radius 1 is 0.950 bits per heavy atom. The van der Waals surface area contributed by atoms with E-state index in [1.165, 1.54) is 18.3 Å². The van der Waals surface area contributed by atoms with E-state index in [2.05, 4.69) is 15.0 Å². The van der Waals surface area contributed by atoms with E-state index in [9.17, 15) is 9.18 Å². The summed E-state index contributed by atoms with van der Waals surface area (Å²) in [6.07, 6.45) is 4.77. The molecule has 3 aromatic rings. The van der Waals surface area contributed by atoms with Crippen LogP contribution >= 0.6 is 0 Å². The Morgan fingerprint density at radius 2 is 1.65 bits per heavy atom. The van der Waals surface area contributed by atoms with Crippen LogP contribution in [0.2, 0.25) is 0 Å². The fourth-order valence-electron chi connectivity index (χ4n) is 1.99. The molecule has 0 aliphatic carbocycles. The van der Waals surface area contributed by atoms with Gasteiger partial charge in [0.15, 0.2) is 0 Å². The average molecular weight is 267 g/mol. The van der Waals surface area contributed by atoms with E-state index < -0.39 is 5.69 Å². The van der Waals surface area contributed by atoms with Crippen LogP contribution in [0.15, 0.2) is 59.8 Å². The van der Waals surface area contributed by atoms with Crippen molar-refractivity contribution in [3.8, 4) is 22.4 Å². The summed E-state index contributed by atoms with van der Waals surface area (Å²) >= 11 is 0. The van der Waals surface area contributed by atoms with Gasteiger partial charge in [0, 0.05) is 29.7 Å². The molecule has 0 radical (unpaired) electrons. The molecule has 4 nitrogen and oxygen atoms in total. The number of nitrogens with zero attached hydrogens (tertiary/aromatic N) is 2. The second-order valence-electron chi connectivity index (χ2n) is 4.22. The molecule has 1 aromatic carbocycles. The van der Waals surface area contributed by atoms with Crippen LogP contribution in [0.1, 0.15) is 0 Å². The maximum absolute atomic E-state index is 13.0. The Labute approximate surface area is 114 Å². The summed E-state index contributed by atoms with van der Waals surface area (Å²) < 4.78 is 13.0. The molecule has 0 saturated heterocycles. The first-order valence-electron chi connectivity index (χ1n) is 6.00. The normalized spacial score (nSPS) is 10.4. The number of H-pyrrole nitrogens is 1. The van der Waals surface area contributed by atoms with Crippen LogP contribution in [-0.2, 0) is 0 Å². The van der Waals surface area contributed by atoms with Gasteiger partial charge in [-0.15, -0.1) is 0 Å². The molecule has 2 heterocycles. The standard InChI is InChI=1S/C15H10FN3O/c16-12-3-1-10(2-4-12)13-9-18-15(20)19-14(13)11-5-7-17-8-6-11/h1-9H,(H,18,19,20). The van der Waals surface area contributed by atoms with E-state index in [4.69, 9.17) is 0 Å². The second kappa shape index (κ2) is 5.05. The molecular weight excluding hydrogens is 257 g/mol. The van der Waals surface area contributed by atoms with Gasteiger partial charge < -0.3 is 4.98 Å². The Bertz CT molecular complexity index is 782. The summed E-state index contributed by atoms with van der Waals surface area (Å²) in [5.41, 5.74) is 2.54. The number of benzene rings is 1. The van der Waals surface area contributed by atoms with Gasteiger partial charge in [-0.2, -0.15) is 0 Å². The van der Waals surface area contributed by atoms with Gasteiger partial charge in [-0.3, -0.25) is 4.98 Å². The first-order valence-corrected chi connectivity index (χ1v) is 6.00. The van der Waals surface area contributed by atoms with Crippen molar-refractivity contribution in [2.45, 2.75) is 0 Å². The third-order valence-electron chi connectivity index (χ3n) is 2.94. The minimum atomic E-state index is -0.428. The highest BCUT2D eigenvalue weighted by Gasteiger charge is 2.09. The first-order chi connectivity index (χ1) is 9.74. The number of aromatic amines is 1. The lowest BCUT2D eigenvalue weighted by Crippen LogP contribution is -2.11. The zero-order valence-electron chi connectivity index (χ0n) is 10.4. The minimum Gasteiger partial charge on any atom is -0.305 e. The quantitative estimate of drug-likeness (QED) is 0.776. The van der Waals surface area contributed by atoms with E-state index >= 15 is 0 Å². The lowest BCUT2D eigenvalue weighted by atomic mass is 10.0. The molecule has 2 aromatic heterocycles. The van der Waals surface area contributed by atoms with Gasteiger partial charge in [0.1, 0.15) is 5.82 Å². The van der Waals surface area contributed by atoms with Crippen molar-refractivity contribution in [2.75, 3.05) is 0 Å². The Hall–Kier alpha value is -2.82. The molecule has 0 saturated carbocycles. The number of halogens is 1. The van der Waals surface area contributed by atoms with Crippen molar-refractivity contribution in [3.63, 3.8) is 0 Å². The summed E-state index contributed by atoms with van der Waals surface area (Å²) in [5, 5.41) is 0. The van der Waals surface area contributed by atoms with Gasteiger partial charge in [-0.25, -0.2) is 14.2 Å². The first kappa shape index (κ1) is 12.2. The average Bonchev–Trinajstić information content (AvgIpc) is 2.49. The predicted octanol–water partition coefficient (Wildman–Crippen LogP) is 2.64. The zero-order chi connectivity index (χ0) is 13.9. The summed E-state index contributed by atoms with van der Waals surface area (Å²) in [7, 11) is 0. The van der Waals surface area contributed by atoms with Gasteiger partial charge in [0.25, 0.3) is 0 Å². The third-order valence-corrected chi connectivity index (χ3v) is 2.94. The Balaban J connectivity index is 2.21. The van der Waals surface area contributed by atoms with Crippen molar-refractivity contribution >= 4 is 0 Å². The van der Waals surface area contributed by atoms with Crippen LogP contribution in [0, 0.1) is 5.82 Å². The maximum Gasteiger partial charge on any atom is 0.345 e. The van der Waals surface area contributed by atoms with Gasteiger partial charge in [-0.1, -0.05) is 12.1 Å². The van der Waals surface area contributed by atoms with Crippen LogP contribution < -0.4 is 5.69 Å². The molecule has 5 heteroatoms. The fourth-order valence-corrected chi connectivity index (χ4v) is 1.99. The summed E-state index contributed by atoms with van der Waals surface area (Å²) in [6, 6.07) is 9.62. The van der Waals surface area contributed by atoms with Crippen LogP contribution in [0.5, 0.6) is 0 Å². The highest BCUT2D eigenvalue weighted by atomic mass is 19.1. The second-order valence-corrected chi connectivity index (χ2v) is 4.22. The topological polar surface area (TPSA) is 58.6 Å². The van der Waals surface area contributed by atoms with Crippen molar-refractivity contribution in [1.82, 2.24) is 15.0 Å². The molecular formula is C15H10FN3O. The van der Waals surface area contributed by atoms with E-state index in [1.54, 1.807) is 36.7 Å². The smallest absolute Gasteiger partial charge is 0.305 e. The lowest BCUT2D eigenvalue weighted by Gasteiger charge is -2.08. The molecule has 0 atom stereocenters. The molecule has 98 valence electrons. The van der Waals surface area contributed by atoms with Crippen LogP contribution in [-0.4, -0.2) is 15.0 Å². The molecule has 0 amide bonds. The summed E-state index contributed by atoms with van der Waals surface area (Å²) in [6.45, 7) is 0. The molecule has 0 bridgehead atoms.